The van der Waals surface area contributed by atoms with E-state index in [1.807, 2.05) is 6.92 Å². The van der Waals surface area contributed by atoms with Gasteiger partial charge >= 0.3 is 0 Å². The summed E-state index contributed by atoms with van der Waals surface area (Å²) in [5, 5.41) is 4.44. The van der Waals surface area contributed by atoms with Gasteiger partial charge in [0.25, 0.3) is 0 Å². The highest BCUT2D eigenvalue weighted by atomic mass is 19.1. The molecule has 0 spiro atoms. The van der Waals surface area contributed by atoms with Gasteiger partial charge in [-0.1, -0.05) is 0 Å². The number of anilines is 2. The second-order valence-electron chi connectivity index (χ2n) is 4.81. The lowest BCUT2D eigenvalue weighted by atomic mass is 10.2. The first-order valence-electron chi connectivity index (χ1n) is 6.39. The number of hydrogen-bond donors (Lipinski definition) is 1. The zero-order valence-electron chi connectivity index (χ0n) is 10.8. The Bertz CT molecular complexity index is 601. The van der Waals surface area contributed by atoms with E-state index in [0.29, 0.717) is 11.9 Å². The van der Waals surface area contributed by atoms with Crippen molar-refractivity contribution < 1.29 is 4.39 Å². The summed E-state index contributed by atoms with van der Waals surface area (Å²) in [4.78, 5) is 6.41. The number of nitrogens with two attached hydrogens (primary N) is 1. The van der Waals surface area contributed by atoms with Crippen molar-refractivity contribution in [1.29, 1.82) is 0 Å². The molecule has 100 valence electrons. The molecule has 2 N–H and O–H groups in total. The van der Waals surface area contributed by atoms with Crippen LogP contribution < -0.4 is 10.6 Å². The fourth-order valence-corrected chi connectivity index (χ4v) is 2.40. The van der Waals surface area contributed by atoms with Gasteiger partial charge in [0.2, 0.25) is 11.9 Å². The van der Waals surface area contributed by atoms with Crippen molar-refractivity contribution in [2.75, 3.05) is 23.7 Å². The van der Waals surface area contributed by atoms with Gasteiger partial charge in [0.1, 0.15) is 5.82 Å². The molecule has 0 bridgehead atoms. The van der Waals surface area contributed by atoms with Crippen LogP contribution in [0.2, 0.25) is 0 Å². The van der Waals surface area contributed by atoms with Crippen LogP contribution in [0.5, 0.6) is 0 Å². The van der Waals surface area contributed by atoms with Crippen LogP contribution in [-0.2, 0) is 0 Å². The summed E-state index contributed by atoms with van der Waals surface area (Å²) in [5.74, 6) is 0.718. The highest BCUT2D eigenvalue weighted by Gasteiger charge is 2.19. The van der Waals surface area contributed by atoms with Crippen molar-refractivity contribution in [1.82, 2.24) is 14.8 Å². The predicted molar refractivity (Wildman–Crippen MR) is 71.9 cm³/mol. The van der Waals surface area contributed by atoms with Gasteiger partial charge < -0.3 is 10.6 Å². The molecule has 0 aliphatic carbocycles. The van der Waals surface area contributed by atoms with Gasteiger partial charge in [-0.15, -0.1) is 5.10 Å². The Morgan fingerprint density at radius 1 is 1.26 bits per heavy atom. The molecule has 3 rings (SSSR count). The number of aromatic nitrogens is 3. The van der Waals surface area contributed by atoms with Crippen LogP contribution in [0.15, 0.2) is 18.2 Å². The SMILES string of the molecule is Cc1cc(F)ccc1-n1nc(N2CCCC2)nc1N. The molecule has 5 nitrogen and oxygen atoms in total. The summed E-state index contributed by atoms with van der Waals surface area (Å²) in [6, 6.07) is 4.54. The number of nitrogens with zero attached hydrogens (tertiary/aromatic N) is 4. The van der Waals surface area contributed by atoms with Gasteiger partial charge in [0, 0.05) is 13.1 Å². The van der Waals surface area contributed by atoms with Crippen molar-refractivity contribution in [3.8, 4) is 5.69 Å². The van der Waals surface area contributed by atoms with E-state index in [0.717, 1.165) is 37.2 Å². The van der Waals surface area contributed by atoms with Crippen molar-refractivity contribution in [3.63, 3.8) is 0 Å². The summed E-state index contributed by atoms with van der Waals surface area (Å²) in [6.07, 6.45) is 2.31. The average Bonchev–Trinajstić information content (AvgIpc) is 2.98. The Hall–Kier alpha value is -2.11. The van der Waals surface area contributed by atoms with Crippen LogP contribution in [0.4, 0.5) is 16.3 Å². The Morgan fingerprint density at radius 3 is 2.68 bits per heavy atom. The zero-order valence-corrected chi connectivity index (χ0v) is 10.8. The molecule has 1 saturated heterocycles. The van der Waals surface area contributed by atoms with Crippen LogP contribution in [0, 0.1) is 12.7 Å². The minimum Gasteiger partial charge on any atom is -0.368 e. The highest BCUT2D eigenvalue weighted by molar-refractivity contribution is 5.47. The summed E-state index contributed by atoms with van der Waals surface area (Å²) in [6.45, 7) is 3.76. The van der Waals surface area contributed by atoms with Crippen LogP contribution in [0.3, 0.4) is 0 Å². The largest absolute Gasteiger partial charge is 0.368 e. The third kappa shape index (κ3) is 2.14. The maximum atomic E-state index is 13.1. The van der Waals surface area contributed by atoms with Gasteiger partial charge in [0.05, 0.1) is 5.69 Å². The molecule has 2 aromatic rings. The van der Waals surface area contributed by atoms with E-state index in [1.54, 1.807) is 10.7 Å². The Labute approximate surface area is 110 Å². The maximum absolute atomic E-state index is 13.1. The molecule has 1 aromatic carbocycles. The van der Waals surface area contributed by atoms with E-state index in [1.165, 1.54) is 12.1 Å². The Balaban J connectivity index is 2.00. The van der Waals surface area contributed by atoms with Crippen LogP contribution in [-0.4, -0.2) is 27.9 Å². The van der Waals surface area contributed by atoms with Gasteiger partial charge in [-0.25, -0.2) is 4.39 Å². The van der Waals surface area contributed by atoms with E-state index >= 15 is 0 Å². The minimum absolute atomic E-state index is 0.264. The number of aryl methyl sites for hydroxylation is 1. The first kappa shape index (κ1) is 12.0. The lowest BCUT2D eigenvalue weighted by Gasteiger charge is -2.11. The monoisotopic (exact) mass is 261 g/mol. The lowest BCUT2D eigenvalue weighted by molar-refractivity contribution is 0.625. The molecule has 1 aliphatic heterocycles. The van der Waals surface area contributed by atoms with Crippen molar-refractivity contribution in [2.24, 2.45) is 0 Å². The van der Waals surface area contributed by atoms with Gasteiger partial charge in [-0.05, 0) is 43.5 Å². The molecule has 19 heavy (non-hydrogen) atoms. The molecule has 0 saturated carbocycles. The van der Waals surface area contributed by atoms with Crippen molar-refractivity contribution >= 4 is 11.9 Å². The molecular weight excluding hydrogens is 245 g/mol. The third-order valence-electron chi connectivity index (χ3n) is 3.40. The normalized spacial score (nSPS) is 15.2. The van der Waals surface area contributed by atoms with Crippen molar-refractivity contribution in [3.05, 3.63) is 29.6 Å². The van der Waals surface area contributed by atoms with E-state index in [-0.39, 0.29) is 5.82 Å². The molecule has 2 heterocycles. The predicted octanol–water partition coefficient (Wildman–Crippen LogP) is 1.90. The fraction of sp³-hybridized carbons (Fsp3) is 0.385. The first-order chi connectivity index (χ1) is 9.15. The van der Waals surface area contributed by atoms with Gasteiger partial charge in [-0.2, -0.15) is 9.67 Å². The summed E-state index contributed by atoms with van der Waals surface area (Å²) in [7, 11) is 0. The van der Waals surface area contributed by atoms with Crippen LogP contribution >= 0.6 is 0 Å². The molecule has 0 atom stereocenters. The molecule has 0 radical (unpaired) electrons. The minimum atomic E-state index is -0.264. The maximum Gasteiger partial charge on any atom is 0.246 e. The van der Waals surface area contributed by atoms with E-state index in [2.05, 4.69) is 15.0 Å². The second-order valence-corrected chi connectivity index (χ2v) is 4.81. The van der Waals surface area contributed by atoms with Crippen LogP contribution in [0.1, 0.15) is 18.4 Å². The average molecular weight is 261 g/mol. The topological polar surface area (TPSA) is 60.0 Å². The smallest absolute Gasteiger partial charge is 0.246 e. The molecule has 1 fully saturated rings. The van der Waals surface area contributed by atoms with Crippen LogP contribution in [0.25, 0.3) is 5.69 Å². The van der Waals surface area contributed by atoms with Crippen molar-refractivity contribution in [2.45, 2.75) is 19.8 Å². The Kier molecular flexibility index (Phi) is 2.85. The van der Waals surface area contributed by atoms with E-state index < -0.39 is 0 Å². The molecule has 0 unspecified atom stereocenters. The standard InChI is InChI=1S/C13H16FN5/c1-9-8-10(14)4-5-11(9)19-12(15)16-13(17-19)18-6-2-3-7-18/h4-5,8H,2-3,6-7H2,1H3,(H2,15,16,17). The van der Waals surface area contributed by atoms with E-state index in [4.69, 9.17) is 5.73 Å². The first-order valence-corrected chi connectivity index (χ1v) is 6.39. The molecular formula is C13H16FN5. The number of halogens is 1. The molecule has 6 heteroatoms. The molecule has 1 aliphatic rings. The second kappa shape index (κ2) is 4.53. The quantitative estimate of drug-likeness (QED) is 0.897. The third-order valence-corrected chi connectivity index (χ3v) is 3.40. The highest BCUT2D eigenvalue weighted by Crippen LogP contribution is 2.22. The number of rotatable bonds is 2. The van der Waals surface area contributed by atoms with Gasteiger partial charge in [0.15, 0.2) is 0 Å². The molecule has 0 amide bonds. The number of benzene rings is 1. The van der Waals surface area contributed by atoms with E-state index in [9.17, 15) is 4.39 Å². The number of nitrogen functional groups attached to an aromatic ring is 1. The Morgan fingerprint density at radius 2 is 2.00 bits per heavy atom. The summed E-state index contributed by atoms with van der Waals surface area (Å²) in [5.41, 5.74) is 7.46. The lowest BCUT2D eigenvalue weighted by Crippen LogP contribution is -2.19. The molecule has 1 aromatic heterocycles. The number of hydrogen-bond acceptors (Lipinski definition) is 4. The summed E-state index contributed by atoms with van der Waals surface area (Å²) < 4.78 is 14.7. The fourth-order valence-electron chi connectivity index (χ4n) is 2.40. The zero-order chi connectivity index (χ0) is 13.4. The summed E-state index contributed by atoms with van der Waals surface area (Å²) >= 11 is 0. The van der Waals surface area contributed by atoms with Gasteiger partial charge in [-0.3, -0.25) is 0 Å².